The van der Waals surface area contributed by atoms with Crippen LogP contribution in [-0.4, -0.2) is 29.3 Å². The first kappa shape index (κ1) is 13.0. The lowest BCUT2D eigenvalue weighted by molar-refractivity contribution is -0.385. The maximum absolute atomic E-state index is 10.8. The van der Waals surface area contributed by atoms with E-state index in [0.29, 0.717) is 18.9 Å². The summed E-state index contributed by atoms with van der Waals surface area (Å²) in [5, 5.41) is 19.7. The van der Waals surface area contributed by atoms with E-state index in [2.05, 4.69) is 4.98 Å². The number of piperidine rings is 1. The number of nitro groups is 1. The second kappa shape index (κ2) is 5.44. The van der Waals surface area contributed by atoms with Gasteiger partial charge in [0.05, 0.1) is 4.92 Å². The highest BCUT2D eigenvalue weighted by Gasteiger charge is 2.23. The number of nitrogens with zero attached hydrogens (tertiary/aromatic N) is 4. The molecule has 0 amide bonds. The van der Waals surface area contributed by atoms with Crippen molar-refractivity contribution >= 4 is 17.8 Å². The van der Waals surface area contributed by atoms with Gasteiger partial charge >= 0.3 is 0 Å². The Morgan fingerprint density at radius 2 is 2.42 bits per heavy atom. The van der Waals surface area contributed by atoms with Gasteiger partial charge in [0.25, 0.3) is 5.69 Å². The minimum atomic E-state index is -0.581. The van der Waals surface area contributed by atoms with Crippen molar-refractivity contribution in [3.63, 3.8) is 0 Å². The first-order valence-corrected chi connectivity index (χ1v) is 5.90. The molecule has 0 aliphatic carbocycles. The van der Waals surface area contributed by atoms with E-state index < -0.39 is 4.92 Å². The number of aldehydes is 1. The monoisotopic (exact) mass is 260 g/mol. The zero-order valence-corrected chi connectivity index (χ0v) is 10.2. The quantitative estimate of drug-likeness (QED) is 0.461. The van der Waals surface area contributed by atoms with Crippen LogP contribution in [-0.2, 0) is 4.79 Å². The molecule has 0 radical (unpaired) electrons. The van der Waals surface area contributed by atoms with Gasteiger partial charge < -0.3 is 9.69 Å². The molecule has 0 spiro atoms. The first-order chi connectivity index (χ1) is 9.15. The Morgan fingerprint density at radius 1 is 1.63 bits per heavy atom. The average Bonchev–Trinajstić information content (AvgIpc) is 2.46. The van der Waals surface area contributed by atoms with Crippen LogP contribution in [0.15, 0.2) is 12.3 Å². The molecule has 0 aromatic carbocycles. The van der Waals surface area contributed by atoms with Crippen molar-refractivity contribution in [1.29, 1.82) is 5.26 Å². The predicted molar refractivity (Wildman–Crippen MR) is 66.6 cm³/mol. The summed E-state index contributed by atoms with van der Waals surface area (Å²) in [6.07, 6.45) is 3.71. The fourth-order valence-corrected chi connectivity index (χ4v) is 2.19. The smallest absolute Gasteiger partial charge is 0.289 e. The SMILES string of the molecule is N#Cc1cc([N+](=O)[O-])cnc1N1CCCC(C=O)C1. The van der Waals surface area contributed by atoms with E-state index in [1.807, 2.05) is 11.0 Å². The summed E-state index contributed by atoms with van der Waals surface area (Å²) >= 11 is 0. The molecule has 2 heterocycles. The molecule has 7 heteroatoms. The first-order valence-electron chi connectivity index (χ1n) is 5.90. The standard InChI is InChI=1S/C12H12N4O3/c13-5-10-4-11(16(18)19)6-14-12(10)15-3-1-2-9(7-15)8-17/h4,6,8-9H,1-3,7H2. The second-order valence-electron chi connectivity index (χ2n) is 4.42. The maximum Gasteiger partial charge on any atom is 0.289 e. The number of aromatic nitrogens is 1. The predicted octanol–water partition coefficient (Wildman–Crippen LogP) is 1.28. The minimum absolute atomic E-state index is 0.0720. The third-order valence-corrected chi connectivity index (χ3v) is 3.13. The van der Waals surface area contributed by atoms with Crippen molar-refractivity contribution in [2.75, 3.05) is 18.0 Å². The number of rotatable bonds is 3. The van der Waals surface area contributed by atoms with Crippen LogP contribution in [0.3, 0.4) is 0 Å². The molecule has 1 unspecified atom stereocenters. The summed E-state index contributed by atoms with van der Waals surface area (Å²) in [7, 11) is 0. The fourth-order valence-electron chi connectivity index (χ4n) is 2.19. The largest absolute Gasteiger partial charge is 0.355 e. The second-order valence-corrected chi connectivity index (χ2v) is 4.42. The molecule has 1 fully saturated rings. The zero-order chi connectivity index (χ0) is 13.8. The van der Waals surface area contributed by atoms with Gasteiger partial charge in [-0.3, -0.25) is 10.1 Å². The molecule has 1 saturated heterocycles. The Balaban J connectivity index is 2.31. The summed E-state index contributed by atoms with van der Waals surface area (Å²) in [6, 6.07) is 3.14. The summed E-state index contributed by atoms with van der Waals surface area (Å²) < 4.78 is 0. The van der Waals surface area contributed by atoms with E-state index in [9.17, 15) is 14.9 Å². The number of hydrogen-bond acceptors (Lipinski definition) is 6. The van der Waals surface area contributed by atoms with Crippen molar-refractivity contribution in [3.8, 4) is 6.07 Å². The number of carbonyl (C=O) groups excluding carboxylic acids is 1. The molecule has 98 valence electrons. The number of hydrogen-bond donors (Lipinski definition) is 0. The van der Waals surface area contributed by atoms with Crippen LogP contribution in [0.4, 0.5) is 11.5 Å². The summed E-state index contributed by atoms with van der Waals surface area (Å²) in [5.74, 6) is 0.344. The lowest BCUT2D eigenvalue weighted by Gasteiger charge is -2.31. The molecule has 1 atom stereocenters. The van der Waals surface area contributed by atoms with Crippen LogP contribution < -0.4 is 4.90 Å². The van der Waals surface area contributed by atoms with Crippen molar-refractivity contribution in [2.24, 2.45) is 5.92 Å². The zero-order valence-electron chi connectivity index (χ0n) is 10.2. The minimum Gasteiger partial charge on any atom is -0.355 e. The van der Waals surface area contributed by atoms with E-state index in [-0.39, 0.29) is 17.2 Å². The van der Waals surface area contributed by atoms with Crippen LogP contribution in [0, 0.1) is 27.4 Å². The molecule has 7 nitrogen and oxygen atoms in total. The lowest BCUT2D eigenvalue weighted by Crippen LogP contribution is -2.37. The topological polar surface area (TPSA) is 100 Å². The maximum atomic E-state index is 10.8. The van der Waals surface area contributed by atoms with E-state index in [4.69, 9.17) is 5.26 Å². The highest BCUT2D eigenvalue weighted by Crippen LogP contribution is 2.25. The lowest BCUT2D eigenvalue weighted by atomic mass is 9.99. The molecule has 1 aromatic heterocycles. The van der Waals surface area contributed by atoms with E-state index in [0.717, 1.165) is 25.3 Å². The summed E-state index contributed by atoms with van der Waals surface area (Å²) in [6.45, 7) is 1.20. The molecule has 19 heavy (non-hydrogen) atoms. The fraction of sp³-hybridized carbons (Fsp3) is 0.417. The van der Waals surface area contributed by atoms with Gasteiger partial charge in [0.1, 0.15) is 29.9 Å². The van der Waals surface area contributed by atoms with Gasteiger partial charge in [-0.05, 0) is 12.8 Å². The van der Waals surface area contributed by atoms with Crippen LogP contribution in [0.5, 0.6) is 0 Å². The Bertz CT molecular complexity index is 552. The summed E-state index contributed by atoms with van der Waals surface area (Å²) in [5.41, 5.74) is -0.0370. The highest BCUT2D eigenvalue weighted by molar-refractivity contribution is 5.60. The molecular formula is C12H12N4O3. The molecule has 0 bridgehead atoms. The van der Waals surface area contributed by atoms with Gasteiger partial charge in [0.2, 0.25) is 0 Å². The normalized spacial score (nSPS) is 18.7. The Morgan fingerprint density at radius 3 is 3.05 bits per heavy atom. The van der Waals surface area contributed by atoms with Gasteiger partial charge in [-0.25, -0.2) is 4.98 Å². The van der Waals surface area contributed by atoms with Gasteiger partial charge in [-0.15, -0.1) is 0 Å². The van der Waals surface area contributed by atoms with Crippen LogP contribution in [0.1, 0.15) is 18.4 Å². The van der Waals surface area contributed by atoms with Gasteiger partial charge in [0.15, 0.2) is 0 Å². The number of nitriles is 1. The highest BCUT2D eigenvalue weighted by atomic mass is 16.6. The Kier molecular flexibility index (Phi) is 3.71. The summed E-state index contributed by atoms with van der Waals surface area (Å²) in [4.78, 5) is 26.8. The molecule has 1 aliphatic rings. The molecule has 0 saturated carbocycles. The molecule has 0 N–H and O–H groups in total. The Hall–Kier alpha value is -2.49. The number of pyridine rings is 1. The van der Waals surface area contributed by atoms with E-state index in [1.54, 1.807) is 0 Å². The van der Waals surface area contributed by atoms with Gasteiger partial charge in [-0.2, -0.15) is 5.26 Å². The number of carbonyl (C=O) groups is 1. The average molecular weight is 260 g/mol. The van der Waals surface area contributed by atoms with Gasteiger partial charge in [-0.1, -0.05) is 0 Å². The van der Waals surface area contributed by atoms with E-state index >= 15 is 0 Å². The van der Waals surface area contributed by atoms with Crippen LogP contribution in [0.2, 0.25) is 0 Å². The third kappa shape index (κ3) is 2.68. The van der Waals surface area contributed by atoms with Crippen LogP contribution in [0.25, 0.3) is 0 Å². The molecular weight excluding hydrogens is 248 g/mol. The third-order valence-electron chi connectivity index (χ3n) is 3.13. The molecule has 1 aromatic rings. The van der Waals surface area contributed by atoms with Crippen LogP contribution >= 0.6 is 0 Å². The van der Waals surface area contributed by atoms with E-state index in [1.165, 1.54) is 6.07 Å². The van der Waals surface area contributed by atoms with Crippen molar-refractivity contribution < 1.29 is 9.72 Å². The van der Waals surface area contributed by atoms with Gasteiger partial charge in [0, 0.05) is 25.1 Å². The van der Waals surface area contributed by atoms with Crippen molar-refractivity contribution in [3.05, 3.63) is 27.9 Å². The molecule has 2 rings (SSSR count). The molecule has 1 aliphatic heterocycles. The number of anilines is 1. The van der Waals surface area contributed by atoms with Crippen molar-refractivity contribution in [1.82, 2.24) is 4.98 Å². The van der Waals surface area contributed by atoms with Crippen molar-refractivity contribution in [2.45, 2.75) is 12.8 Å². The Labute approximate surface area is 109 Å².